The van der Waals surface area contributed by atoms with Gasteiger partial charge in [-0.1, -0.05) is 39.5 Å². The van der Waals surface area contributed by atoms with Gasteiger partial charge in [0.25, 0.3) is 0 Å². The standard InChI is InChI=1S/C17H34N2O/c1-3-9-18-16(13-15-7-5-6-8-15)17-14-19(10-4-2)11-12-20-17/h15-18H,3-14H2,1-2H3. The molecule has 1 aliphatic heterocycles. The second-order valence-electron chi connectivity index (χ2n) is 6.66. The van der Waals surface area contributed by atoms with Gasteiger partial charge in [0.2, 0.25) is 0 Å². The lowest BCUT2D eigenvalue weighted by Crippen LogP contribution is -2.53. The Morgan fingerprint density at radius 2 is 2.00 bits per heavy atom. The molecular weight excluding hydrogens is 248 g/mol. The Morgan fingerprint density at radius 1 is 1.20 bits per heavy atom. The fraction of sp³-hybridized carbons (Fsp3) is 1.00. The third-order valence-electron chi connectivity index (χ3n) is 4.88. The fourth-order valence-corrected chi connectivity index (χ4v) is 3.80. The summed E-state index contributed by atoms with van der Waals surface area (Å²) in [5.41, 5.74) is 0. The van der Waals surface area contributed by atoms with Crippen LogP contribution >= 0.6 is 0 Å². The van der Waals surface area contributed by atoms with Crippen molar-refractivity contribution in [1.82, 2.24) is 10.2 Å². The lowest BCUT2D eigenvalue weighted by atomic mass is 9.94. The molecule has 1 aliphatic carbocycles. The van der Waals surface area contributed by atoms with E-state index in [-0.39, 0.29) is 0 Å². The molecule has 1 heterocycles. The summed E-state index contributed by atoms with van der Waals surface area (Å²) in [6.45, 7) is 10.0. The molecule has 0 spiro atoms. The number of hydrogen-bond donors (Lipinski definition) is 1. The first kappa shape index (κ1) is 16.3. The highest BCUT2D eigenvalue weighted by molar-refractivity contribution is 4.86. The highest BCUT2D eigenvalue weighted by atomic mass is 16.5. The van der Waals surface area contributed by atoms with Crippen molar-refractivity contribution in [2.45, 2.75) is 70.9 Å². The Bertz CT molecular complexity index is 251. The van der Waals surface area contributed by atoms with Gasteiger partial charge < -0.3 is 10.1 Å². The Balaban J connectivity index is 1.86. The van der Waals surface area contributed by atoms with Gasteiger partial charge in [-0.2, -0.15) is 0 Å². The Hall–Kier alpha value is -0.120. The van der Waals surface area contributed by atoms with Crippen LogP contribution in [-0.4, -0.2) is 49.8 Å². The maximum atomic E-state index is 6.12. The van der Waals surface area contributed by atoms with E-state index in [1.54, 1.807) is 0 Å². The molecule has 2 aliphatic rings. The van der Waals surface area contributed by atoms with Crippen molar-refractivity contribution in [2.75, 3.05) is 32.8 Å². The van der Waals surface area contributed by atoms with Crippen molar-refractivity contribution in [3.63, 3.8) is 0 Å². The molecule has 0 aromatic heterocycles. The minimum atomic E-state index is 0.405. The lowest BCUT2D eigenvalue weighted by molar-refractivity contribution is -0.0498. The maximum absolute atomic E-state index is 6.12. The first-order valence-electron chi connectivity index (χ1n) is 8.90. The molecule has 0 bridgehead atoms. The van der Waals surface area contributed by atoms with E-state index < -0.39 is 0 Å². The molecule has 1 saturated carbocycles. The normalized spacial score (nSPS) is 27.0. The van der Waals surface area contributed by atoms with E-state index in [9.17, 15) is 0 Å². The van der Waals surface area contributed by atoms with Gasteiger partial charge in [-0.3, -0.25) is 4.90 Å². The quantitative estimate of drug-likeness (QED) is 0.740. The lowest BCUT2D eigenvalue weighted by Gasteiger charge is -2.38. The first-order chi connectivity index (χ1) is 9.83. The zero-order valence-electron chi connectivity index (χ0n) is 13.6. The fourth-order valence-electron chi connectivity index (χ4n) is 3.80. The molecule has 118 valence electrons. The number of ether oxygens (including phenoxy) is 1. The number of morpholine rings is 1. The minimum Gasteiger partial charge on any atom is -0.374 e. The monoisotopic (exact) mass is 282 g/mol. The van der Waals surface area contributed by atoms with E-state index in [2.05, 4.69) is 24.1 Å². The molecule has 0 amide bonds. The van der Waals surface area contributed by atoms with Gasteiger partial charge in [0, 0.05) is 19.1 Å². The third kappa shape index (κ3) is 5.01. The first-order valence-corrected chi connectivity index (χ1v) is 8.90. The van der Waals surface area contributed by atoms with Gasteiger partial charge in [-0.05, 0) is 38.3 Å². The van der Waals surface area contributed by atoms with E-state index in [1.807, 2.05) is 0 Å². The SMILES string of the molecule is CCCNC(CC1CCCC1)C1CN(CCC)CCO1. The molecule has 2 unspecified atom stereocenters. The topological polar surface area (TPSA) is 24.5 Å². The maximum Gasteiger partial charge on any atom is 0.0855 e. The third-order valence-corrected chi connectivity index (χ3v) is 4.88. The highest BCUT2D eigenvalue weighted by Crippen LogP contribution is 2.30. The average Bonchev–Trinajstić information content (AvgIpc) is 2.97. The van der Waals surface area contributed by atoms with Crippen molar-refractivity contribution in [3.8, 4) is 0 Å². The molecule has 2 fully saturated rings. The van der Waals surface area contributed by atoms with Crippen molar-refractivity contribution in [3.05, 3.63) is 0 Å². The Morgan fingerprint density at radius 3 is 2.70 bits per heavy atom. The summed E-state index contributed by atoms with van der Waals surface area (Å²) in [6, 6.07) is 0.567. The minimum absolute atomic E-state index is 0.405. The van der Waals surface area contributed by atoms with Crippen LogP contribution in [-0.2, 0) is 4.74 Å². The van der Waals surface area contributed by atoms with Crippen molar-refractivity contribution in [1.29, 1.82) is 0 Å². The molecule has 3 nitrogen and oxygen atoms in total. The van der Waals surface area contributed by atoms with E-state index in [0.717, 1.165) is 32.2 Å². The van der Waals surface area contributed by atoms with Crippen LogP contribution in [0, 0.1) is 5.92 Å². The second kappa shape index (κ2) is 9.01. The van der Waals surface area contributed by atoms with Crippen LogP contribution in [0.5, 0.6) is 0 Å². The van der Waals surface area contributed by atoms with Crippen LogP contribution in [0.1, 0.15) is 58.8 Å². The summed E-state index contributed by atoms with van der Waals surface area (Å²) in [5, 5.41) is 3.78. The summed E-state index contributed by atoms with van der Waals surface area (Å²) >= 11 is 0. The molecule has 0 aromatic carbocycles. The van der Waals surface area contributed by atoms with E-state index in [4.69, 9.17) is 4.74 Å². The van der Waals surface area contributed by atoms with Crippen molar-refractivity contribution >= 4 is 0 Å². The summed E-state index contributed by atoms with van der Waals surface area (Å²) in [6.07, 6.45) is 9.96. The van der Waals surface area contributed by atoms with Crippen molar-refractivity contribution in [2.24, 2.45) is 5.92 Å². The second-order valence-corrected chi connectivity index (χ2v) is 6.66. The average molecular weight is 282 g/mol. The molecule has 1 saturated heterocycles. The largest absolute Gasteiger partial charge is 0.374 e. The molecule has 0 aromatic rings. The van der Waals surface area contributed by atoms with E-state index >= 15 is 0 Å². The molecule has 20 heavy (non-hydrogen) atoms. The number of nitrogens with one attached hydrogen (secondary N) is 1. The van der Waals surface area contributed by atoms with E-state index in [1.165, 1.54) is 51.5 Å². The van der Waals surface area contributed by atoms with E-state index in [0.29, 0.717) is 12.1 Å². The Kier molecular flexibility index (Phi) is 7.32. The van der Waals surface area contributed by atoms with Gasteiger partial charge >= 0.3 is 0 Å². The molecular formula is C17H34N2O. The van der Waals surface area contributed by atoms with Crippen LogP contribution < -0.4 is 5.32 Å². The Labute approximate surface area is 125 Å². The van der Waals surface area contributed by atoms with Crippen LogP contribution in [0.4, 0.5) is 0 Å². The smallest absolute Gasteiger partial charge is 0.0855 e. The molecule has 2 atom stereocenters. The van der Waals surface area contributed by atoms with Gasteiger partial charge in [-0.25, -0.2) is 0 Å². The van der Waals surface area contributed by atoms with Gasteiger partial charge in [0.15, 0.2) is 0 Å². The summed E-state index contributed by atoms with van der Waals surface area (Å²) in [5.74, 6) is 0.939. The molecule has 2 rings (SSSR count). The molecule has 1 N–H and O–H groups in total. The van der Waals surface area contributed by atoms with Crippen LogP contribution in [0.25, 0.3) is 0 Å². The van der Waals surface area contributed by atoms with Gasteiger partial charge in [0.1, 0.15) is 0 Å². The zero-order valence-corrected chi connectivity index (χ0v) is 13.6. The number of hydrogen-bond acceptors (Lipinski definition) is 3. The number of rotatable bonds is 8. The van der Waals surface area contributed by atoms with Crippen LogP contribution in [0.3, 0.4) is 0 Å². The van der Waals surface area contributed by atoms with Gasteiger partial charge in [0.05, 0.1) is 12.7 Å². The summed E-state index contributed by atoms with van der Waals surface area (Å²) in [4.78, 5) is 2.59. The van der Waals surface area contributed by atoms with Crippen molar-refractivity contribution < 1.29 is 4.74 Å². The predicted octanol–water partition coefficient (Wildman–Crippen LogP) is 3.05. The van der Waals surface area contributed by atoms with Crippen LogP contribution in [0.2, 0.25) is 0 Å². The van der Waals surface area contributed by atoms with Gasteiger partial charge in [-0.15, -0.1) is 0 Å². The summed E-state index contributed by atoms with van der Waals surface area (Å²) in [7, 11) is 0. The molecule has 3 heteroatoms. The highest BCUT2D eigenvalue weighted by Gasteiger charge is 2.30. The number of nitrogens with zero attached hydrogens (tertiary/aromatic N) is 1. The predicted molar refractivity (Wildman–Crippen MR) is 85.1 cm³/mol. The molecule has 0 radical (unpaired) electrons. The zero-order chi connectivity index (χ0) is 14.2. The summed E-state index contributed by atoms with van der Waals surface area (Å²) < 4.78 is 6.12. The van der Waals surface area contributed by atoms with Crippen LogP contribution in [0.15, 0.2) is 0 Å².